The van der Waals surface area contributed by atoms with Crippen molar-refractivity contribution in [1.29, 1.82) is 0 Å². The molecular formula is C18H27BO5S. The van der Waals surface area contributed by atoms with Crippen LogP contribution in [-0.4, -0.2) is 44.9 Å². The molecule has 0 N–H and O–H groups in total. The Balaban J connectivity index is 1.68. The fourth-order valence-electron chi connectivity index (χ4n) is 3.33. The summed E-state index contributed by atoms with van der Waals surface area (Å²) in [6, 6.07) is 5.81. The third-order valence-corrected chi connectivity index (χ3v) is 7.75. The summed E-state index contributed by atoms with van der Waals surface area (Å²) in [5, 5.41) is 0. The van der Waals surface area contributed by atoms with Crippen LogP contribution in [0.5, 0.6) is 5.75 Å². The minimum absolute atomic E-state index is 0.199. The number of aryl methyl sites for hydroxylation is 1. The van der Waals surface area contributed by atoms with E-state index in [1.165, 1.54) is 0 Å². The number of sulfone groups is 1. The van der Waals surface area contributed by atoms with E-state index in [-0.39, 0.29) is 28.1 Å². The van der Waals surface area contributed by atoms with E-state index < -0.39 is 17.0 Å². The summed E-state index contributed by atoms with van der Waals surface area (Å²) in [7, 11) is -3.25. The molecule has 0 spiro atoms. The Hall–Kier alpha value is -1.05. The van der Waals surface area contributed by atoms with Crippen molar-refractivity contribution in [2.24, 2.45) is 5.41 Å². The van der Waals surface area contributed by atoms with Gasteiger partial charge in [0.25, 0.3) is 0 Å². The lowest BCUT2D eigenvalue weighted by atomic mass is 9.76. The highest BCUT2D eigenvalue weighted by atomic mass is 32.2. The first-order valence-corrected chi connectivity index (χ1v) is 10.4. The summed E-state index contributed by atoms with van der Waals surface area (Å²) >= 11 is 0. The van der Waals surface area contributed by atoms with Crippen LogP contribution in [0, 0.1) is 12.3 Å². The van der Waals surface area contributed by atoms with E-state index in [0.29, 0.717) is 6.61 Å². The molecule has 1 aromatic rings. The maximum absolute atomic E-state index is 11.4. The predicted octanol–water partition coefficient (Wildman–Crippen LogP) is 2.11. The van der Waals surface area contributed by atoms with E-state index >= 15 is 0 Å². The monoisotopic (exact) mass is 366 g/mol. The summed E-state index contributed by atoms with van der Waals surface area (Å²) in [5.74, 6) is 1.14. The van der Waals surface area contributed by atoms with Gasteiger partial charge in [-0.05, 0) is 57.8 Å². The molecule has 0 radical (unpaired) electrons. The van der Waals surface area contributed by atoms with Crippen molar-refractivity contribution in [3.05, 3.63) is 23.8 Å². The molecule has 2 aliphatic heterocycles. The van der Waals surface area contributed by atoms with Crippen molar-refractivity contribution in [1.82, 2.24) is 0 Å². The van der Waals surface area contributed by atoms with Gasteiger partial charge in [-0.2, -0.15) is 0 Å². The molecule has 0 bridgehead atoms. The highest BCUT2D eigenvalue weighted by Gasteiger charge is 2.52. The standard InChI is InChI=1S/C18H27BO5S/c1-13-9-14(22-10-18(6)11-25(20,21)12-18)7-8-15(13)19-23-16(2,3)17(4,5)24-19/h7-9H,10-12H2,1-6H3. The van der Waals surface area contributed by atoms with E-state index in [1.807, 2.05) is 59.7 Å². The first-order chi connectivity index (χ1) is 11.3. The van der Waals surface area contributed by atoms with Gasteiger partial charge in [0.15, 0.2) is 9.84 Å². The second-order valence-electron chi connectivity index (χ2n) is 8.74. The van der Waals surface area contributed by atoms with Gasteiger partial charge in [-0.3, -0.25) is 0 Å². The van der Waals surface area contributed by atoms with Gasteiger partial charge in [-0.15, -0.1) is 0 Å². The van der Waals surface area contributed by atoms with Crippen molar-refractivity contribution in [3.63, 3.8) is 0 Å². The Labute approximate surface area is 151 Å². The van der Waals surface area contributed by atoms with Crippen LogP contribution in [0.4, 0.5) is 0 Å². The molecule has 7 heteroatoms. The Bertz CT molecular complexity index is 757. The van der Waals surface area contributed by atoms with E-state index in [0.717, 1.165) is 16.8 Å². The van der Waals surface area contributed by atoms with Crippen molar-refractivity contribution in [2.45, 2.75) is 52.7 Å². The van der Waals surface area contributed by atoms with E-state index in [9.17, 15) is 8.42 Å². The molecule has 2 saturated heterocycles. The van der Waals surface area contributed by atoms with Gasteiger partial charge in [0.05, 0.1) is 29.3 Å². The van der Waals surface area contributed by atoms with Crippen molar-refractivity contribution < 1.29 is 22.5 Å². The van der Waals surface area contributed by atoms with Crippen molar-refractivity contribution >= 4 is 22.4 Å². The van der Waals surface area contributed by atoms with Crippen LogP contribution in [0.1, 0.15) is 40.2 Å². The maximum Gasteiger partial charge on any atom is 0.495 e. The minimum atomic E-state index is -2.85. The Morgan fingerprint density at radius 3 is 2.12 bits per heavy atom. The predicted molar refractivity (Wildman–Crippen MR) is 99.2 cm³/mol. The lowest BCUT2D eigenvalue weighted by Crippen LogP contribution is -2.50. The molecule has 0 amide bonds. The molecule has 3 rings (SSSR count). The molecule has 0 aliphatic carbocycles. The third kappa shape index (κ3) is 3.59. The summed E-state index contributed by atoms with van der Waals surface area (Å²) in [6.45, 7) is 12.5. The van der Waals surface area contributed by atoms with Crippen LogP contribution in [0.2, 0.25) is 0 Å². The van der Waals surface area contributed by atoms with Gasteiger partial charge in [-0.1, -0.05) is 13.0 Å². The lowest BCUT2D eigenvalue weighted by Gasteiger charge is -2.37. The molecule has 2 heterocycles. The van der Waals surface area contributed by atoms with Crippen LogP contribution in [0.3, 0.4) is 0 Å². The average Bonchev–Trinajstić information content (AvgIpc) is 2.63. The SMILES string of the molecule is Cc1cc(OCC2(C)CS(=O)(=O)C2)ccc1B1OC(C)(C)C(C)(C)O1. The van der Waals surface area contributed by atoms with Gasteiger partial charge in [-0.25, -0.2) is 8.42 Å². The zero-order valence-electron chi connectivity index (χ0n) is 15.9. The highest BCUT2D eigenvalue weighted by molar-refractivity contribution is 7.92. The number of hydrogen-bond donors (Lipinski definition) is 0. The number of rotatable bonds is 4. The van der Waals surface area contributed by atoms with E-state index in [4.69, 9.17) is 14.0 Å². The molecule has 0 saturated carbocycles. The molecule has 5 nitrogen and oxygen atoms in total. The molecule has 1 aromatic carbocycles. The quantitative estimate of drug-likeness (QED) is 0.764. The highest BCUT2D eigenvalue weighted by Crippen LogP contribution is 2.37. The van der Waals surface area contributed by atoms with E-state index in [2.05, 4.69) is 0 Å². The molecule has 25 heavy (non-hydrogen) atoms. The number of ether oxygens (including phenoxy) is 1. The van der Waals surface area contributed by atoms with Crippen LogP contribution < -0.4 is 10.2 Å². The normalized spacial score (nSPS) is 25.4. The Morgan fingerprint density at radius 2 is 1.64 bits per heavy atom. The fraction of sp³-hybridized carbons (Fsp3) is 0.667. The first kappa shape index (κ1) is 18.7. The number of benzene rings is 1. The third-order valence-electron chi connectivity index (χ3n) is 5.47. The molecule has 0 atom stereocenters. The van der Waals surface area contributed by atoms with E-state index in [1.54, 1.807) is 0 Å². The van der Waals surface area contributed by atoms with Crippen LogP contribution in [-0.2, 0) is 19.1 Å². The van der Waals surface area contributed by atoms with Crippen LogP contribution >= 0.6 is 0 Å². The van der Waals surface area contributed by atoms with Crippen LogP contribution in [0.15, 0.2) is 18.2 Å². The average molecular weight is 366 g/mol. The molecule has 0 aromatic heterocycles. The molecular weight excluding hydrogens is 339 g/mol. The van der Waals surface area contributed by atoms with Crippen molar-refractivity contribution in [3.8, 4) is 5.75 Å². The summed E-state index contributed by atoms with van der Waals surface area (Å²) < 4.78 is 40.8. The zero-order valence-corrected chi connectivity index (χ0v) is 16.7. The maximum atomic E-state index is 11.4. The zero-order chi connectivity index (χ0) is 18.7. The summed E-state index contributed by atoms with van der Waals surface area (Å²) in [5.41, 5.74) is 0.996. The lowest BCUT2D eigenvalue weighted by molar-refractivity contribution is 0.00578. The molecule has 0 unspecified atom stereocenters. The van der Waals surface area contributed by atoms with Gasteiger partial charge in [0.1, 0.15) is 5.75 Å². The summed E-state index contributed by atoms with van der Waals surface area (Å²) in [6.07, 6.45) is 0. The topological polar surface area (TPSA) is 61.8 Å². The van der Waals surface area contributed by atoms with Gasteiger partial charge in [0.2, 0.25) is 0 Å². The summed E-state index contributed by atoms with van der Waals surface area (Å²) in [4.78, 5) is 0. The van der Waals surface area contributed by atoms with Gasteiger partial charge >= 0.3 is 7.12 Å². The second-order valence-corrected chi connectivity index (χ2v) is 10.8. The number of hydrogen-bond acceptors (Lipinski definition) is 5. The van der Waals surface area contributed by atoms with Crippen molar-refractivity contribution in [2.75, 3.05) is 18.1 Å². The second kappa shape index (κ2) is 5.73. The smallest absolute Gasteiger partial charge is 0.493 e. The molecule has 2 fully saturated rings. The molecule has 2 aliphatic rings. The van der Waals surface area contributed by atoms with Gasteiger partial charge < -0.3 is 14.0 Å². The van der Waals surface area contributed by atoms with Gasteiger partial charge in [0, 0.05) is 5.41 Å². The Morgan fingerprint density at radius 1 is 1.08 bits per heavy atom. The first-order valence-electron chi connectivity index (χ1n) is 8.62. The fourth-order valence-corrected chi connectivity index (χ4v) is 5.54. The largest absolute Gasteiger partial charge is 0.495 e. The molecule has 138 valence electrons. The Kier molecular flexibility index (Phi) is 4.29. The van der Waals surface area contributed by atoms with Crippen LogP contribution in [0.25, 0.3) is 0 Å². The minimum Gasteiger partial charge on any atom is -0.493 e.